The Balaban J connectivity index is 1.72. The molecule has 0 aliphatic heterocycles. The van der Waals surface area contributed by atoms with Gasteiger partial charge in [0.1, 0.15) is 4.90 Å². The smallest absolute Gasteiger partial charge is 0.240 e. The first-order chi connectivity index (χ1) is 16.0. The number of nitrogens with two attached hydrogens (primary N) is 1. The summed E-state index contributed by atoms with van der Waals surface area (Å²) in [6.45, 7) is 0.974. The van der Waals surface area contributed by atoms with Crippen LogP contribution in [0.1, 0.15) is 11.1 Å². The van der Waals surface area contributed by atoms with Gasteiger partial charge in [0.25, 0.3) is 0 Å². The van der Waals surface area contributed by atoms with Gasteiger partial charge in [-0.3, -0.25) is 0 Å². The minimum Gasteiger partial charge on any atom is -0.381 e. The lowest BCUT2D eigenvalue weighted by molar-refractivity contribution is 0.598. The van der Waals surface area contributed by atoms with Crippen LogP contribution in [0.25, 0.3) is 0 Å². The van der Waals surface area contributed by atoms with Crippen molar-refractivity contribution in [3.63, 3.8) is 0 Å². The highest BCUT2D eigenvalue weighted by Crippen LogP contribution is 2.34. The van der Waals surface area contributed by atoms with Crippen LogP contribution in [0, 0.1) is 0 Å². The van der Waals surface area contributed by atoms with Gasteiger partial charge in [0.2, 0.25) is 10.0 Å². The number of hydrogen-bond donors (Lipinski definition) is 4. The Morgan fingerprint density at radius 2 is 1.18 bits per heavy atom. The fraction of sp³-hybridized carbons (Fsp3) is 0.0769. The molecule has 0 radical (unpaired) electrons. The number of primary sulfonamides is 1. The van der Waals surface area contributed by atoms with Gasteiger partial charge in [0.05, 0.1) is 11.4 Å². The van der Waals surface area contributed by atoms with Gasteiger partial charge < -0.3 is 16.0 Å². The molecule has 0 aliphatic rings. The SMILES string of the molecule is NS(=O)(=O)c1cc(CNc2ccccc2)cc(NCc2ccccc2)c1Nc1ccccc1. The molecule has 4 aromatic carbocycles. The zero-order valence-electron chi connectivity index (χ0n) is 18.0. The van der Waals surface area contributed by atoms with Gasteiger partial charge >= 0.3 is 0 Å². The maximum Gasteiger partial charge on any atom is 0.240 e. The Morgan fingerprint density at radius 3 is 1.79 bits per heavy atom. The van der Waals surface area contributed by atoms with E-state index in [2.05, 4.69) is 16.0 Å². The van der Waals surface area contributed by atoms with Crippen molar-refractivity contribution in [3.8, 4) is 0 Å². The van der Waals surface area contributed by atoms with Crippen LogP contribution in [0.4, 0.5) is 22.7 Å². The topological polar surface area (TPSA) is 96.2 Å². The lowest BCUT2D eigenvalue weighted by Gasteiger charge is -2.19. The summed E-state index contributed by atoms with van der Waals surface area (Å²) in [5, 5.41) is 15.6. The van der Waals surface area contributed by atoms with Crippen LogP contribution in [0.5, 0.6) is 0 Å². The maximum absolute atomic E-state index is 12.6. The average Bonchev–Trinajstić information content (AvgIpc) is 2.83. The van der Waals surface area contributed by atoms with Crippen molar-refractivity contribution >= 4 is 32.8 Å². The van der Waals surface area contributed by atoms with Crippen LogP contribution in [0.15, 0.2) is 108 Å². The molecule has 168 valence electrons. The minimum absolute atomic E-state index is 0.0364. The van der Waals surface area contributed by atoms with Crippen LogP contribution in [0.2, 0.25) is 0 Å². The summed E-state index contributed by atoms with van der Waals surface area (Å²) in [5.74, 6) is 0. The lowest BCUT2D eigenvalue weighted by Crippen LogP contribution is -2.17. The molecule has 0 heterocycles. The normalized spacial score (nSPS) is 11.1. The number of hydrogen-bond acceptors (Lipinski definition) is 5. The molecule has 0 saturated carbocycles. The number of sulfonamides is 1. The quantitative estimate of drug-likeness (QED) is 0.273. The number of para-hydroxylation sites is 2. The second-order valence-electron chi connectivity index (χ2n) is 7.61. The molecular weight excluding hydrogens is 432 g/mol. The third-order valence-corrected chi connectivity index (χ3v) is 6.04. The van der Waals surface area contributed by atoms with Gasteiger partial charge in [0.15, 0.2) is 0 Å². The molecule has 0 bridgehead atoms. The monoisotopic (exact) mass is 458 g/mol. The first-order valence-electron chi connectivity index (χ1n) is 10.6. The van der Waals surface area contributed by atoms with Crippen LogP contribution >= 0.6 is 0 Å². The van der Waals surface area contributed by atoms with E-state index in [1.54, 1.807) is 6.07 Å². The van der Waals surface area contributed by atoms with E-state index in [1.807, 2.05) is 97.1 Å². The molecule has 0 amide bonds. The van der Waals surface area contributed by atoms with Crippen LogP contribution in [-0.2, 0) is 23.1 Å². The Bertz CT molecular complexity index is 1300. The van der Waals surface area contributed by atoms with Crippen LogP contribution in [0.3, 0.4) is 0 Å². The highest BCUT2D eigenvalue weighted by Gasteiger charge is 2.20. The second kappa shape index (κ2) is 10.2. The summed E-state index contributed by atoms with van der Waals surface area (Å²) in [6, 6.07) is 32.6. The standard InChI is InChI=1S/C26H26N4O2S/c27-33(31,32)25-17-21(19-28-22-12-6-2-7-13-22)16-24(29-18-20-10-4-1-5-11-20)26(25)30-23-14-8-3-9-15-23/h1-17,28-30H,18-19H2,(H2,27,31,32). The Labute approximate surface area is 194 Å². The molecule has 0 unspecified atom stereocenters. The minimum atomic E-state index is -3.99. The van der Waals surface area contributed by atoms with E-state index in [1.165, 1.54) is 0 Å². The summed E-state index contributed by atoms with van der Waals surface area (Å²) in [4.78, 5) is 0.0364. The molecule has 5 N–H and O–H groups in total. The van der Waals surface area contributed by atoms with E-state index in [0.29, 0.717) is 24.5 Å². The van der Waals surface area contributed by atoms with Crippen molar-refractivity contribution in [2.24, 2.45) is 5.14 Å². The van der Waals surface area contributed by atoms with E-state index in [0.717, 1.165) is 22.5 Å². The number of benzene rings is 4. The largest absolute Gasteiger partial charge is 0.381 e. The van der Waals surface area contributed by atoms with Crippen molar-refractivity contribution in [1.29, 1.82) is 0 Å². The van der Waals surface area contributed by atoms with E-state index in [-0.39, 0.29) is 4.90 Å². The predicted molar refractivity (Wildman–Crippen MR) is 135 cm³/mol. The first-order valence-corrected chi connectivity index (χ1v) is 12.1. The van der Waals surface area contributed by atoms with E-state index < -0.39 is 10.0 Å². The highest BCUT2D eigenvalue weighted by atomic mass is 32.2. The Morgan fingerprint density at radius 1 is 0.636 bits per heavy atom. The Hall–Kier alpha value is -3.81. The summed E-state index contributed by atoms with van der Waals surface area (Å²) in [6.07, 6.45) is 0. The summed E-state index contributed by atoms with van der Waals surface area (Å²) >= 11 is 0. The molecule has 33 heavy (non-hydrogen) atoms. The molecule has 0 spiro atoms. The molecule has 7 heteroatoms. The van der Waals surface area contributed by atoms with Gasteiger partial charge in [0, 0.05) is 24.5 Å². The summed E-state index contributed by atoms with van der Waals surface area (Å²) in [5.41, 5.74) is 4.65. The number of rotatable bonds is 9. The number of nitrogens with one attached hydrogen (secondary N) is 3. The highest BCUT2D eigenvalue weighted by molar-refractivity contribution is 7.89. The van der Waals surface area contributed by atoms with Crippen molar-refractivity contribution in [2.45, 2.75) is 18.0 Å². The van der Waals surface area contributed by atoms with Crippen LogP contribution < -0.4 is 21.1 Å². The summed E-state index contributed by atoms with van der Waals surface area (Å²) < 4.78 is 25.2. The van der Waals surface area contributed by atoms with E-state index in [4.69, 9.17) is 5.14 Å². The van der Waals surface area contributed by atoms with Crippen LogP contribution in [-0.4, -0.2) is 8.42 Å². The van der Waals surface area contributed by atoms with Crippen molar-refractivity contribution in [3.05, 3.63) is 114 Å². The molecular formula is C26H26N4O2S. The molecule has 0 fully saturated rings. The van der Waals surface area contributed by atoms with Gasteiger partial charge in [-0.05, 0) is 47.5 Å². The molecule has 0 saturated heterocycles. The van der Waals surface area contributed by atoms with Crippen molar-refractivity contribution in [2.75, 3.05) is 16.0 Å². The number of anilines is 4. The third kappa shape index (κ3) is 6.12. The van der Waals surface area contributed by atoms with E-state index in [9.17, 15) is 8.42 Å². The van der Waals surface area contributed by atoms with Crippen molar-refractivity contribution in [1.82, 2.24) is 0 Å². The van der Waals surface area contributed by atoms with Gasteiger partial charge in [-0.15, -0.1) is 0 Å². The molecule has 4 aromatic rings. The molecule has 0 aromatic heterocycles. The lowest BCUT2D eigenvalue weighted by atomic mass is 10.1. The molecule has 0 aliphatic carbocycles. The van der Waals surface area contributed by atoms with Gasteiger partial charge in [-0.2, -0.15) is 0 Å². The maximum atomic E-state index is 12.6. The second-order valence-corrected chi connectivity index (χ2v) is 9.14. The molecule has 6 nitrogen and oxygen atoms in total. The molecule has 0 atom stereocenters. The zero-order chi connectivity index (χ0) is 23.1. The van der Waals surface area contributed by atoms with Gasteiger partial charge in [-0.1, -0.05) is 66.7 Å². The van der Waals surface area contributed by atoms with Gasteiger partial charge in [-0.25, -0.2) is 13.6 Å². The third-order valence-electron chi connectivity index (χ3n) is 5.11. The van der Waals surface area contributed by atoms with E-state index >= 15 is 0 Å². The molecule has 4 rings (SSSR count). The zero-order valence-corrected chi connectivity index (χ0v) is 18.8. The fourth-order valence-corrected chi connectivity index (χ4v) is 4.25. The average molecular weight is 459 g/mol. The first kappa shape index (κ1) is 22.4. The van der Waals surface area contributed by atoms with Crippen molar-refractivity contribution < 1.29 is 8.42 Å². The fourth-order valence-electron chi connectivity index (χ4n) is 3.49. The summed E-state index contributed by atoms with van der Waals surface area (Å²) in [7, 11) is -3.99. The predicted octanol–water partition coefficient (Wildman–Crippen LogP) is 5.30. The Kier molecular flexibility index (Phi) is 6.92.